The van der Waals surface area contributed by atoms with Gasteiger partial charge in [-0.3, -0.25) is 4.79 Å². The lowest BCUT2D eigenvalue weighted by atomic mass is 10.1. The van der Waals surface area contributed by atoms with E-state index in [1.165, 1.54) is 0 Å². The molecule has 6 nitrogen and oxygen atoms in total. The number of cyclic esters (lactones) is 1. The molecule has 1 N–H and O–H groups in total. The lowest BCUT2D eigenvalue weighted by molar-refractivity contribution is -0.151. The van der Waals surface area contributed by atoms with Crippen LogP contribution in [0.1, 0.15) is 0 Å². The Hall–Kier alpha value is -0.546. The number of Topliss-reactive ketones (excluding diaryl/α,β-unsaturated/α-hetero) is 1. The van der Waals surface area contributed by atoms with Crippen LogP contribution in [0, 0.1) is 0 Å². The van der Waals surface area contributed by atoms with Gasteiger partial charge in [-0.25, -0.2) is 4.79 Å². The van der Waals surface area contributed by atoms with Crippen molar-refractivity contribution in [2.24, 2.45) is 0 Å². The molecule has 1 aliphatic heterocycles. The third-order valence-electron chi connectivity index (χ3n) is 2.43. The number of hydrogen-bond acceptors (Lipinski definition) is 6. The molecule has 1 heterocycles. The summed E-state index contributed by atoms with van der Waals surface area (Å²) in [6.07, 6.45) is -2.93. The van der Waals surface area contributed by atoms with E-state index in [0.717, 1.165) is 0 Å². The van der Waals surface area contributed by atoms with Crippen LogP contribution in [0.3, 0.4) is 0 Å². The molecule has 104 valence electrons. The number of ether oxygens (including phenoxy) is 1. The molecule has 18 heavy (non-hydrogen) atoms. The lowest BCUT2D eigenvalue weighted by Crippen LogP contribution is -2.44. The molecule has 0 radical (unpaired) electrons. The fraction of sp³-hybridized carbons (Fsp3) is 0.800. The second kappa shape index (κ2) is 6.57. The first-order valence-corrected chi connectivity index (χ1v) is 11.6. The lowest BCUT2D eigenvalue weighted by Gasteiger charge is -2.27. The highest BCUT2D eigenvalue weighted by Crippen LogP contribution is 2.19. The van der Waals surface area contributed by atoms with Crippen LogP contribution in [0.25, 0.3) is 0 Å². The van der Waals surface area contributed by atoms with Gasteiger partial charge in [0.15, 0.2) is 30.3 Å². The van der Waals surface area contributed by atoms with Gasteiger partial charge in [0.1, 0.15) is 6.10 Å². The predicted molar refractivity (Wildman–Crippen MR) is 69.5 cm³/mol. The van der Waals surface area contributed by atoms with E-state index in [9.17, 15) is 14.7 Å². The molecule has 0 aromatic heterocycles. The number of ketones is 1. The molecule has 1 saturated heterocycles. The summed E-state index contributed by atoms with van der Waals surface area (Å²) in [4.78, 5) is 22.4. The Labute approximate surface area is 110 Å². The van der Waals surface area contributed by atoms with Gasteiger partial charge < -0.3 is 18.7 Å². The van der Waals surface area contributed by atoms with Crippen molar-refractivity contribution in [2.45, 2.75) is 44.5 Å². The predicted octanol–water partition coefficient (Wildman–Crippen LogP) is -0.790. The van der Waals surface area contributed by atoms with Gasteiger partial charge in [-0.1, -0.05) is 0 Å². The zero-order valence-electron chi connectivity index (χ0n) is 11.1. The average Bonchev–Trinajstić information content (AvgIpc) is 2.51. The molecule has 0 amide bonds. The number of rotatable bonds is 6. The van der Waals surface area contributed by atoms with E-state index in [4.69, 9.17) is 13.6 Å². The zero-order chi connectivity index (χ0) is 13.9. The molecule has 1 fully saturated rings. The summed E-state index contributed by atoms with van der Waals surface area (Å²) < 4.78 is 16.1. The SMILES string of the molecule is C[SiH](C)OC[C@H](O[SiH](C)C)[C@H]1OC(=O)C(=O)C1O. The molecule has 0 aromatic carbocycles. The molecule has 8 heteroatoms. The normalized spacial score (nSPS) is 25.9. The quantitative estimate of drug-likeness (QED) is 0.392. The molecular weight excluding hydrogens is 272 g/mol. The third kappa shape index (κ3) is 3.99. The summed E-state index contributed by atoms with van der Waals surface area (Å²) in [6.45, 7) is 8.19. The Morgan fingerprint density at radius 3 is 2.28 bits per heavy atom. The molecule has 0 spiro atoms. The number of esters is 1. The Morgan fingerprint density at radius 1 is 1.28 bits per heavy atom. The summed E-state index contributed by atoms with van der Waals surface area (Å²) in [5, 5.41) is 9.67. The van der Waals surface area contributed by atoms with Crippen molar-refractivity contribution in [3.63, 3.8) is 0 Å². The van der Waals surface area contributed by atoms with Gasteiger partial charge in [0.25, 0.3) is 5.78 Å². The van der Waals surface area contributed by atoms with Gasteiger partial charge >= 0.3 is 5.97 Å². The summed E-state index contributed by atoms with van der Waals surface area (Å²) in [7, 11) is -2.63. The van der Waals surface area contributed by atoms with Crippen molar-refractivity contribution in [1.29, 1.82) is 0 Å². The van der Waals surface area contributed by atoms with E-state index < -0.39 is 48.1 Å². The van der Waals surface area contributed by atoms with Crippen LogP contribution in [0.2, 0.25) is 26.2 Å². The van der Waals surface area contributed by atoms with E-state index >= 15 is 0 Å². The van der Waals surface area contributed by atoms with Crippen molar-refractivity contribution < 1.29 is 28.3 Å². The number of carbonyl (C=O) groups excluding carboxylic acids is 2. The van der Waals surface area contributed by atoms with E-state index in [1.807, 2.05) is 26.2 Å². The molecule has 1 aliphatic rings. The molecule has 1 unspecified atom stereocenters. The van der Waals surface area contributed by atoms with Crippen molar-refractivity contribution in [3.05, 3.63) is 0 Å². The van der Waals surface area contributed by atoms with Crippen LogP contribution >= 0.6 is 0 Å². The molecular formula is C10H20O6Si2. The smallest absolute Gasteiger partial charge is 0.378 e. The Bertz CT molecular complexity index is 319. The van der Waals surface area contributed by atoms with E-state index in [2.05, 4.69) is 0 Å². The van der Waals surface area contributed by atoms with Gasteiger partial charge in [0, 0.05) is 0 Å². The van der Waals surface area contributed by atoms with Crippen LogP contribution in [-0.2, 0) is 23.2 Å². The second-order valence-corrected chi connectivity index (χ2v) is 9.58. The Balaban J connectivity index is 2.70. The monoisotopic (exact) mass is 292 g/mol. The van der Waals surface area contributed by atoms with E-state index in [1.54, 1.807) is 0 Å². The van der Waals surface area contributed by atoms with Crippen LogP contribution in [-0.4, -0.2) is 59.9 Å². The fourth-order valence-electron chi connectivity index (χ4n) is 1.64. The number of aliphatic hydroxyl groups is 1. The summed E-state index contributed by atoms with van der Waals surface area (Å²) >= 11 is 0. The second-order valence-electron chi connectivity index (χ2n) is 4.78. The van der Waals surface area contributed by atoms with Crippen molar-refractivity contribution in [2.75, 3.05) is 6.61 Å². The Kier molecular flexibility index (Phi) is 5.66. The van der Waals surface area contributed by atoms with Gasteiger partial charge in [0.05, 0.1) is 6.61 Å². The molecule has 0 bridgehead atoms. The highest BCUT2D eigenvalue weighted by Gasteiger charge is 2.47. The molecule has 3 atom stereocenters. The minimum Gasteiger partial charge on any atom is -0.450 e. The first kappa shape index (κ1) is 15.5. The molecule has 0 aliphatic carbocycles. The van der Waals surface area contributed by atoms with Gasteiger partial charge in [-0.05, 0) is 26.2 Å². The Morgan fingerprint density at radius 2 is 1.89 bits per heavy atom. The van der Waals surface area contributed by atoms with Crippen molar-refractivity contribution in [3.8, 4) is 0 Å². The van der Waals surface area contributed by atoms with Gasteiger partial charge in [-0.2, -0.15) is 0 Å². The van der Waals surface area contributed by atoms with Gasteiger partial charge in [0.2, 0.25) is 0 Å². The first-order chi connectivity index (χ1) is 8.32. The number of hydrogen-bond donors (Lipinski definition) is 1. The maximum absolute atomic E-state index is 11.2. The average molecular weight is 292 g/mol. The first-order valence-electron chi connectivity index (χ1n) is 6.03. The van der Waals surface area contributed by atoms with Crippen LogP contribution in [0.4, 0.5) is 0 Å². The van der Waals surface area contributed by atoms with Crippen LogP contribution in [0.15, 0.2) is 0 Å². The van der Waals surface area contributed by atoms with Crippen molar-refractivity contribution in [1.82, 2.24) is 0 Å². The third-order valence-corrected chi connectivity index (χ3v) is 4.18. The maximum atomic E-state index is 11.2. The zero-order valence-corrected chi connectivity index (χ0v) is 13.4. The van der Waals surface area contributed by atoms with E-state index in [0.29, 0.717) is 0 Å². The van der Waals surface area contributed by atoms with Crippen LogP contribution < -0.4 is 0 Å². The molecule has 0 aromatic rings. The highest BCUT2D eigenvalue weighted by molar-refractivity contribution is 6.49. The molecule has 0 saturated carbocycles. The number of carbonyl (C=O) groups is 2. The standard InChI is InChI=1S/C10H20O6Si2/c1-17(2)14-5-6(16-18(3)4)9-7(11)8(12)10(13)15-9/h6-7,9,11,17-18H,5H2,1-4H3/t6-,7?,9+/m0/s1. The van der Waals surface area contributed by atoms with Gasteiger partial charge in [-0.15, -0.1) is 0 Å². The minimum absolute atomic E-state index is 0.247. The minimum atomic E-state index is -1.44. The fourth-order valence-corrected chi connectivity index (χ4v) is 3.15. The summed E-state index contributed by atoms with van der Waals surface area (Å²) in [6, 6.07) is 0. The summed E-state index contributed by atoms with van der Waals surface area (Å²) in [5.41, 5.74) is 0. The summed E-state index contributed by atoms with van der Waals surface area (Å²) in [5.74, 6) is -1.89. The van der Waals surface area contributed by atoms with Crippen LogP contribution in [0.5, 0.6) is 0 Å². The highest BCUT2D eigenvalue weighted by atomic mass is 28.3. The maximum Gasteiger partial charge on any atom is 0.378 e. The van der Waals surface area contributed by atoms with E-state index in [-0.39, 0.29) is 6.61 Å². The number of aliphatic hydroxyl groups excluding tert-OH is 1. The van der Waals surface area contributed by atoms with Crippen molar-refractivity contribution >= 4 is 29.8 Å². The largest absolute Gasteiger partial charge is 0.450 e. The topological polar surface area (TPSA) is 82.1 Å². The molecule has 1 rings (SSSR count).